The highest BCUT2D eigenvalue weighted by Gasteiger charge is 2.21. The number of esters is 1. The first-order valence-electron chi connectivity index (χ1n) is 10.3. The Morgan fingerprint density at radius 3 is 2.52 bits per heavy atom. The molecule has 1 aromatic heterocycles. The summed E-state index contributed by atoms with van der Waals surface area (Å²) in [6.45, 7) is 1.68. The lowest BCUT2D eigenvalue weighted by atomic mass is 10.0. The van der Waals surface area contributed by atoms with Gasteiger partial charge in [0.2, 0.25) is 0 Å². The van der Waals surface area contributed by atoms with Crippen LogP contribution in [0.3, 0.4) is 0 Å². The molecule has 0 saturated heterocycles. The zero-order valence-corrected chi connectivity index (χ0v) is 18.7. The second-order valence-electron chi connectivity index (χ2n) is 7.50. The molecule has 6 heteroatoms. The molecule has 0 aliphatic carbocycles. The molecule has 2 atom stereocenters. The lowest BCUT2D eigenvalue weighted by Crippen LogP contribution is -2.22. The Morgan fingerprint density at radius 1 is 0.970 bits per heavy atom. The standard InChI is InChI=1S/C27H22ClNO3.H2O/c1-18(32-27(31)21-7-3-2-4-8-21)26(30)22-9-5-6-19(16-22)10-14-24-15-12-20-11-13-23(28)17-25(20)29-24;/h2-18,26,30H,1H3;1H2/b14-10+;/t18?,26-;/m0./s1. The van der Waals surface area contributed by atoms with Gasteiger partial charge < -0.3 is 15.3 Å². The Labute approximate surface area is 197 Å². The first-order valence-corrected chi connectivity index (χ1v) is 10.7. The number of rotatable bonds is 6. The van der Waals surface area contributed by atoms with E-state index < -0.39 is 18.2 Å². The monoisotopic (exact) mass is 461 g/mol. The molecule has 0 radical (unpaired) electrons. The van der Waals surface area contributed by atoms with Gasteiger partial charge in [-0.3, -0.25) is 0 Å². The van der Waals surface area contributed by atoms with Crippen molar-refractivity contribution in [1.82, 2.24) is 4.98 Å². The number of aromatic nitrogens is 1. The van der Waals surface area contributed by atoms with Gasteiger partial charge >= 0.3 is 5.97 Å². The van der Waals surface area contributed by atoms with Crippen molar-refractivity contribution in [3.05, 3.63) is 112 Å². The first kappa shape index (κ1) is 24.1. The first-order chi connectivity index (χ1) is 15.5. The van der Waals surface area contributed by atoms with Gasteiger partial charge in [-0.2, -0.15) is 0 Å². The third-order valence-electron chi connectivity index (χ3n) is 5.12. The van der Waals surface area contributed by atoms with Crippen molar-refractivity contribution in [3.8, 4) is 0 Å². The number of aliphatic hydroxyl groups is 1. The van der Waals surface area contributed by atoms with E-state index in [2.05, 4.69) is 4.98 Å². The van der Waals surface area contributed by atoms with Crippen molar-refractivity contribution in [2.75, 3.05) is 0 Å². The molecular weight excluding hydrogens is 438 g/mol. The molecule has 168 valence electrons. The van der Waals surface area contributed by atoms with E-state index in [0.29, 0.717) is 16.1 Å². The number of hydrogen-bond donors (Lipinski definition) is 1. The highest BCUT2D eigenvalue weighted by molar-refractivity contribution is 6.31. The van der Waals surface area contributed by atoms with Crippen LogP contribution in [0.25, 0.3) is 23.1 Å². The molecule has 0 saturated carbocycles. The summed E-state index contributed by atoms with van der Waals surface area (Å²) in [4.78, 5) is 16.9. The summed E-state index contributed by atoms with van der Waals surface area (Å²) >= 11 is 6.07. The summed E-state index contributed by atoms with van der Waals surface area (Å²) in [6, 6.07) is 25.8. The van der Waals surface area contributed by atoms with Crippen LogP contribution in [0.2, 0.25) is 5.02 Å². The van der Waals surface area contributed by atoms with Gasteiger partial charge in [0, 0.05) is 10.4 Å². The Balaban J connectivity index is 0.00000306. The number of nitrogens with zero attached hydrogens (tertiary/aromatic N) is 1. The predicted molar refractivity (Wildman–Crippen MR) is 132 cm³/mol. The van der Waals surface area contributed by atoms with E-state index >= 15 is 0 Å². The molecule has 0 bridgehead atoms. The molecule has 3 aromatic carbocycles. The van der Waals surface area contributed by atoms with E-state index in [-0.39, 0.29) is 5.48 Å². The van der Waals surface area contributed by atoms with E-state index in [1.807, 2.05) is 72.8 Å². The fraction of sp³-hybridized carbons (Fsp3) is 0.111. The van der Waals surface area contributed by atoms with E-state index in [9.17, 15) is 9.90 Å². The van der Waals surface area contributed by atoms with Crippen LogP contribution >= 0.6 is 11.6 Å². The molecule has 0 aliphatic rings. The van der Waals surface area contributed by atoms with Crippen LogP contribution in [0.5, 0.6) is 0 Å². The summed E-state index contributed by atoms with van der Waals surface area (Å²) < 4.78 is 5.44. The second-order valence-corrected chi connectivity index (χ2v) is 7.93. The minimum atomic E-state index is -0.947. The van der Waals surface area contributed by atoms with E-state index in [1.165, 1.54) is 0 Å². The molecular formula is C27H24ClNO4. The molecule has 5 nitrogen and oxygen atoms in total. The minimum Gasteiger partial charge on any atom is -0.456 e. The maximum Gasteiger partial charge on any atom is 0.338 e. The third kappa shape index (κ3) is 6.05. The van der Waals surface area contributed by atoms with Crippen LogP contribution in [0.4, 0.5) is 0 Å². The normalized spacial score (nSPS) is 12.8. The van der Waals surface area contributed by atoms with Gasteiger partial charge in [-0.1, -0.05) is 66.2 Å². The van der Waals surface area contributed by atoms with Crippen LogP contribution in [-0.4, -0.2) is 27.6 Å². The summed E-state index contributed by atoms with van der Waals surface area (Å²) in [5.41, 5.74) is 3.65. The Bertz CT molecular complexity index is 1270. The van der Waals surface area contributed by atoms with Crippen molar-refractivity contribution in [3.63, 3.8) is 0 Å². The van der Waals surface area contributed by atoms with E-state index in [1.54, 1.807) is 31.2 Å². The summed E-state index contributed by atoms with van der Waals surface area (Å²) in [6.07, 6.45) is 2.19. The zero-order chi connectivity index (χ0) is 22.5. The fourth-order valence-corrected chi connectivity index (χ4v) is 3.54. The van der Waals surface area contributed by atoms with Gasteiger partial charge in [0.05, 0.1) is 16.8 Å². The summed E-state index contributed by atoms with van der Waals surface area (Å²) in [7, 11) is 0. The van der Waals surface area contributed by atoms with Crippen molar-refractivity contribution in [2.45, 2.75) is 19.1 Å². The molecule has 3 N–H and O–H groups in total. The number of fused-ring (bicyclic) bond motifs is 1. The SMILES string of the molecule is CC(OC(=O)c1ccccc1)[C@H](O)c1cccc(/C=C/c2ccc3ccc(Cl)cc3n2)c1.O. The Morgan fingerprint density at radius 2 is 1.73 bits per heavy atom. The van der Waals surface area contributed by atoms with Crippen molar-refractivity contribution >= 4 is 40.6 Å². The number of pyridine rings is 1. The molecule has 4 rings (SSSR count). The van der Waals surface area contributed by atoms with Gasteiger partial charge in [0.15, 0.2) is 0 Å². The number of hydrogen-bond acceptors (Lipinski definition) is 4. The molecule has 33 heavy (non-hydrogen) atoms. The maximum atomic E-state index is 12.3. The fourth-order valence-electron chi connectivity index (χ4n) is 3.37. The molecule has 1 heterocycles. The lowest BCUT2D eigenvalue weighted by Gasteiger charge is -2.20. The molecule has 0 fully saturated rings. The average molecular weight is 462 g/mol. The number of ether oxygens (including phenoxy) is 1. The van der Waals surface area contributed by atoms with Crippen molar-refractivity contribution in [2.24, 2.45) is 0 Å². The topological polar surface area (TPSA) is 90.9 Å². The highest BCUT2D eigenvalue weighted by Crippen LogP contribution is 2.23. The molecule has 4 aromatic rings. The molecule has 1 unspecified atom stereocenters. The minimum absolute atomic E-state index is 0. The predicted octanol–water partition coefficient (Wildman–Crippen LogP) is 5.51. The number of benzene rings is 3. The second kappa shape index (κ2) is 10.9. The largest absolute Gasteiger partial charge is 0.456 e. The Kier molecular flexibility index (Phi) is 7.96. The van der Waals surface area contributed by atoms with Gasteiger partial charge in [-0.15, -0.1) is 0 Å². The van der Waals surface area contributed by atoms with Crippen LogP contribution in [0.1, 0.15) is 40.2 Å². The van der Waals surface area contributed by atoms with E-state index in [0.717, 1.165) is 22.2 Å². The summed E-state index contributed by atoms with van der Waals surface area (Å²) in [5.74, 6) is -0.462. The van der Waals surface area contributed by atoms with Gasteiger partial charge in [0.25, 0.3) is 0 Å². The van der Waals surface area contributed by atoms with E-state index in [4.69, 9.17) is 16.3 Å². The summed E-state index contributed by atoms with van der Waals surface area (Å²) in [5, 5.41) is 12.4. The van der Waals surface area contributed by atoms with Crippen LogP contribution < -0.4 is 0 Å². The molecule has 0 spiro atoms. The Hall–Kier alpha value is -3.51. The number of carbonyl (C=O) groups excluding carboxylic acids is 1. The molecule has 0 amide bonds. The highest BCUT2D eigenvalue weighted by atomic mass is 35.5. The zero-order valence-electron chi connectivity index (χ0n) is 18.0. The molecule has 0 aliphatic heterocycles. The number of carbonyl (C=O) groups is 1. The number of aliphatic hydroxyl groups excluding tert-OH is 1. The van der Waals surface area contributed by atoms with Gasteiger partial charge in [-0.05, 0) is 60.5 Å². The van der Waals surface area contributed by atoms with Crippen LogP contribution in [0, 0.1) is 0 Å². The van der Waals surface area contributed by atoms with Gasteiger partial charge in [-0.25, -0.2) is 9.78 Å². The maximum absolute atomic E-state index is 12.3. The van der Waals surface area contributed by atoms with Crippen LogP contribution in [-0.2, 0) is 4.74 Å². The average Bonchev–Trinajstić information content (AvgIpc) is 2.82. The third-order valence-corrected chi connectivity index (χ3v) is 5.36. The quantitative estimate of drug-likeness (QED) is 0.383. The smallest absolute Gasteiger partial charge is 0.338 e. The van der Waals surface area contributed by atoms with Crippen LogP contribution in [0.15, 0.2) is 84.9 Å². The lowest BCUT2D eigenvalue weighted by molar-refractivity contribution is -0.0116. The number of halogens is 1. The van der Waals surface area contributed by atoms with Crippen molar-refractivity contribution in [1.29, 1.82) is 0 Å². The van der Waals surface area contributed by atoms with Crippen molar-refractivity contribution < 1.29 is 20.1 Å². The van der Waals surface area contributed by atoms with Gasteiger partial charge in [0.1, 0.15) is 12.2 Å².